The largest absolute Gasteiger partial charge is 0.508 e. The molecule has 4 heteroatoms. The molecule has 1 aromatic carbocycles. The number of hydrogen-bond donors (Lipinski definition) is 2. The lowest BCUT2D eigenvalue weighted by Gasteiger charge is -2.20. The van der Waals surface area contributed by atoms with Crippen LogP contribution >= 0.6 is 12.4 Å². The molecule has 3 N–H and O–H groups in total. The molecule has 0 heterocycles. The molecule has 0 aliphatic carbocycles. The Bertz CT molecular complexity index is 331. The summed E-state index contributed by atoms with van der Waals surface area (Å²) in [5.41, 5.74) is 6.27. The van der Waals surface area contributed by atoms with Gasteiger partial charge in [-0.15, -0.1) is 12.4 Å². The SMILES string of the molecule is CC(C)(N)c1cc(C=O)ccc1O.Cl. The molecule has 0 saturated carbocycles. The van der Waals surface area contributed by atoms with E-state index in [1.54, 1.807) is 26.0 Å². The van der Waals surface area contributed by atoms with E-state index in [2.05, 4.69) is 0 Å². The number of aromatic hydroxyl groups is 1. The smallest absolute Gasteiger partial charge is 0.150 e. The zero-order valence-corrected chi connectivity index (χ0v) is 8.97. The maximum atomic E-state index is 10.5. The van der Waals surface area contributed by atoms with E-state index in [9.17, 15) is 9.90 Å². The predicted octanol–water partition coefficient (Wildman–Crippen LogP) is 1.82. The molecule has 0 aromatic heterocycles. The van der Waals surface area contributed by atoms with E-state index < -0.39 is 5.54 Å². The molecular formula is C10H14ClNO2. The van der Waals surface area contributed by atoms with Gasteiger partial charge in [0.15, 0.2) is 0 Å². The number of halogens is 1. The van der Waals surface area contributed by atoms with Gasteiger partial charge in [-0.2, -0.15) is 0 Å². The van der Waals surface area contributed by atoms with Gasteiger partial charge in [-0.25, -0.2) is 0 Å². The third-order valence-corrected chi connectivity index (χ3v) is 1.85. The fourth-order valence-corrected chi connectivity index (χ4v) is 1.14. The van der Waals surface area contributed by atoms with Crippen LogP contribution in [0.2, 0.25) is 0 Å². The second kappa shape index (κ2) is 4.44. The van der Waals surface area contributed by atoms with Crippen molar-refractivity contribution < 1.29 is 9.90 Å². The maximum Gasteiger partial charge on any atom is 0.150 e. The molecule has 1 rings (SSSR count). The monoisotopic (exact) mass is 215 g/mol. The van der Waals surface area contributed by atoms with Gasteiger partial charge in [0, 0.05) is 16.7 Å². The molecule has 14 heavy (non-hydrogen) atoms. The Morgan fingerprint density at radius 1 is 1.43 bits per heavy atom. The predicted molar refractivity (Wildman–Crippen MR) is 58.0 cm³/mol. The highest BCUT2D eigenvalue weighted by atomic mass is 35.5. The van der Waals surface area contributed by atoms with E-state index in [0.717, 1.165) is 6.29 Å². The lowest BCUT2D eigenvalue weighted by molar-refractivity contribution is 0.112. The minimum atomic E-state index is -0.636. The maximum absolute atomic E-state index is 10.5. The van der Waals surface area contributed by atoms with Crippen LogP contribution in [0.1, 0.15) is 29.8 Å². The standard InChI is InChI=1S/C10H13NO2.ClH/c1-10(2,11)8-5-7(6-12)3-4-9(8)13;/h3-6,13H,11H2,1-2H3;1H. The summed E-state index contributed by atoms with van der Waals surface area (Å²) < 4.78 is 0. The molecule has 0 spiro atoms. The second-order valence-electron chi connectivity index (χ2n) is 3.62. The third kappa shape index (κ3) is 2.72. The van der Waals surface area contributed by atoms with Crippen LogP contribution in [0.15, 0.2) is 18.2 Å². The fraction of sp³-hybridized carbons (Fsp3) is 0.300. The van der Waals surface area contributed by atoms with E-state index in [1.165, 1.54) is 6.07 Å². The number of phenolic OH excluding ortho intramolecular Hbond substituents is 1. The van der Waals surface area contributed by atoms with Gasteiger partial charge >= 0.3 is 0 Å². The van der Waals surface area contributed by atoms with Crippen molar-refractivity contribution in [1.29, 1.82) is 0 Å². The molecule has 0 unspecified atom stereocenters. The van der Waals surface area contributed by atoms with Crippen LogP contribution in [-0.2, 0) is 5.54 Å². The van der Waals surface area contributed by atoms with E-state index in [0.29, 0.717) is 11.1 Å². The van der Waals surface area contributed by atoms with Gasteiger partial charge in [0.2, 0.25) is 0 Å². The normalized spacial score (nSPS) is 10.5. The molecule has 0 atom stereocenters. The first kappa shape index (κ1) is 12.9. The highest BCUT2D eigenvalue weighted by molar-refractivity contribution is 5.85. The Hall–Kier alpha value is -1.06. The second-order valence-corrected chi connectivity index (χ2v) is 3.62. The van der Waals surface area contributed by atoms with Crippen molar-refractivity contribution in [2.45, 2.75) is 19.4 Å². The van der Waals surface area contributed by atoms with Crippen LogP contribution < -0.4 is 5.73 Å². The summed E-state index contributed by atoms with van der Waals surface area (Å²) in [6.07, 6.45) is 0.731. The first-order valence-corrected chi connectivity index (χ1v) is 4.02. The average Bonchev–Trinajstić information content (AvgIpc) is 2.03. The number of phenols is 1. The Labute approximate surface area is 89.3 Å². The molecule has 0 fully saturated rings. The van der Waals surface area contributed by atoms with Crippen LogP contribution in [0.3, 0.4) is 0 Å². The van der Waals surface area contributed by atoms with Gasteiger partial charge in [0.05, 0.1) is 0 Å². The zero-order valence-electron chi connectivity index (χ0n) is 8.15. The number of rotatable bonds is 2. The van der Waals surface area contributed by atoms with Gasteiger partial charge in [-0.05, 0) is 32.0 Å². The molecular weight excluding hydrogens is 202 g/mol. The fourth-order valence-electron chi connectivity index (χ4n) is 1.14. The first-order valence-electron chi connectivity index (χ1n) is 4.02. The molecule has 0 amide bonds. The Morgan fingerprint density at radius 3 is 2.43 bits per heavy atom. The van der Waals surface area contributed by atoms with Crippen LogP contribution in [0.25, 0.3) is 0 Å². The third-order valence-electron chi connectivity index (χ3n) is 1.85. The Morgan fingerprint density at radius 2 is 2.00 bits per heavy atom. The lowest BCUT2D eigenvalue weighted by Crippen LogP contribution is -2.28. The lowest BCUT2D eigenvalue weighted by atomic mass is 9.93. The molecule has 1 aromatic rings. The topological polar surface area (TPSA) is 63.3 Å². The zero-order chi connectivity index (χ0) is 10.1. The minimum absolute atomic E-state index is 0. The van der Waals surface area contributed by atoms with Crippen molar-refractivity contribution in [2.24, 2.45) is 5.73 Å². The summed E-state index contributed by atoms with van der Waals surface area (Å²) in [5.74, 6) is 0.123. The quantitative estimate of drug-likeness (QED) is 0.740. The first-order chi connectivity index (χ1) is 5.95. The number of benzene rings is 1. The van der Waals surface area contributed by atoms with Crippen molar-refractivity contribution in [1.82, 2.24) is 0 Å². The van der Waals surface area contributed by atoms with Crippen molar-refractivity contribution in [3.05, 3.63) is 29.3 Å². The highest BCUT2D eigenvalue weighted by Crippen LogP contribution is 2.27. The number of hydrogen-bond acceptors (Lipinski definition) is 3. The average molecular weight is 216 g/mol. The molecule has 0 saturated heterocycles. The van der Waals surface area contributed by atoms with Crippen LogP contribution in [0, 0.1) is 0 Å². The van der Waals surface area contributed by atoms with Crippen molar-refractivity contribution in [3.63, 3.8) is 0 Å². The van der Waals surface area contributed by atoms with Crippen LogP contribution in [0.4, 0.5) is 0 Å². The summed E-state index contributed by atoms with van der Waals surface area (Å²) in [6.45, 7) is 3.55. The Balaban J connectivity index is 0.00000169. The summed E-state index contributed by atoms with van der Waals surface area (Å²) in [4.78, 5) is 10.5. The van der Waals surface area contributed by atoms with E-state index in [4.69, 9.17) is 5.73 Å². The molecule has 3 nitrogen and oxygen atoms in total. The van der Waals surface area contributed by atoms with Crippen LogP contribution in [-0.4, -0.2) is 11.4 Å². The molecule has 0 aliphatic rings. The van der Waals surface area contributed by atoms with Crippen molar-refractivity contribution >= 4 is 18.7 Å². The summed E-state index contributed by atoms with van der Waals surface area (Å²) in [7, 11) is 0. The number of aldehydes is 1. The summed E-state index contributed by atoms with van der Waals surface area (Å²) >= 11 is 0. The van der Waals surface area contributed by atoms with Gasteiger partial charge in [-0.3, -0.25) is 4.79 Å². The van der Waals surface area contributed by atoms with Gasteiger partial charge in [-0.1, -0.05) is 0 Å². The van der Waals surface area contributed by atoms with Gasteiger partial charge < -0.3 is 10.8 Å². The number of nitrogens with two attached hydrogens (primary N) is 1. The van der Waals surface area contributed by atoms with Gasteiger partial charge in [0.1, 0.15) is 12.0 Å². The number of carbonyl (C=O) groups is 1. The molecule has 0 radical (unpaired) electrons. The van der Waals surface area contributed by atoms with Gasteiger partial charge in [0.25, 0.3) is 0 Å². The minimum Gasteiger partial charge on any atom is -0.508 e. The number of carbonyl (C=O) groups excluding carboxylic acids is 1. The molecule has 0 bridgehead atoms. The van der Waals surface area contributed by atoms with E-state index in [-0.39, 0.29) is 18.2 Å². The summed E-state index contributed by atoms with van der Waals surface area (Å²) in [5, 5.41) is 9.47. The van der Waals surface area contributed by atoms with Crippen LogP contribution in [0.5, 0.6) is 5.75 Å². The van der Waals surface area contributed by atoms with Crippen molar-refractivity contribution in [2.75, 3.05) is 0 Å². The van der Waals surface area contributed by atoms with E-state index >= 15 is 0 Å². The molecule has 0 aliphatic heterocycles. The highest BCUT2D eigenvalue weighted by Gasteiger charge is 2.18. The summed E-state index contributed by atoms with van der Waals surface area (Å²) in [6, 6.07) is 4.63. The Kier molecular flexibility index (Phi) is 4.10. The van der Waals surface area contributed by atoms with Crippen molar-refractivity contribution in [3.8, 4) is 5.75 Å². The van der Waals surface area contributed by atoms with E-state index in [1.807, 2.05) is 0 Å². The molecule has 78 valence electrons.